The maximum absolute atomic E-state index is 13.4. The van der Waals surface area contributed by atoms with E-state index in [2.05, 4.69) is 21.2 Å². The Morgan fingerprint density at radius 3 is 2.63 bits per heavy atom. The lowest BCUT2D eigenvalue weighted by atomic mass is 9.72. The van der Waals surface area contributed by atoms with Crippen LogP contribution in [-0.2, 0) is 14.3 Å². The SMILES string of the molecule is COC(=O)C1=C(C)NC2=C(C(=O)C[C@H](c3ccccc3Cl)C2)[C@@H]1c1cccc(Br)c1. The van der Waals surface area contributed by atoms with Gasteiger partial charge in [-0.3, -0.25) is 4.79 Å². The highest BCUT2D eigenvalue weighted by Gasteiger charge is 2.41. The second-order valence-electron chi connectivity index (χ2n) is 7.59. The molecular weight excluding hydrogens is 466 g/mol. The molecule has 0 amide bonds. The van der Waals surface area contributed by atoms with Crippen LogP contribution in [0.25, 0.3) is 0 Å². The Morgan fingerprint density at radius 2 is 1.93 bits per heavy atom. The van der Waals surface area contributed by atoms with Gasteiger partial charge in [0.1, 0.15) is 0 Å². The van der Waals surface area contributed by atoms with E-state index in [1.165, 1.54) is 7.11 Å². The molecule has 0 radical (unpaired) electrons. The molecular formula is C24H21BrClNO3. The number of allylic oxidation sites excluding steroid dienone is 3. The Bertz CT molecular complexity index is 1110. The lowest BCUT2D eigenvalue weighted by Crippen LogP contribution is -2.36. The molecule has 1 aliphatic heterocycles. The van der Waals surface area contributed by atoms with E-state index in [4.69, 9.17) is 16.3 Å². The maximum atomic E-state index is 13.4. The second kappa shape index (κ2) is 8.40. The number of ketones is 1. The number of dihydropyridines is 1. The minimum atomic E-state index is -0.467. The number of benzene rings is 2. The van der Waals surface area contributed by atoms with Crippen molar-refractivity contribution in [1.29, 1.82) is 0 Å². The van der Waals surface area contributed by atoms with Gasteiger partial charge in [-0.05, 0) is 48.6 Å². The van der Waals surface area contributed by atoms with Gasteiger partial charge < -0.3 is 10.1 Å². The summed E-state index contributed by atoms with van der Waals surface area (Å²) in [5, 5.41) is 4.00. The molecule has 0 unspecified atom stereocenters. The van der Waals surface area contributed by atoms with Gasteiger partial charge >= 0.3 is 5.97 Å². The normalized spacial score (nSPS) is 21.3. The summed E-state index contributed by atoms with van der Waals surface area (Å²) < 4.78 is 5.95. The predicted octanol–water partition coefficient (Wildman–Crippen LogP) is 5.64. The summed E-state index contributed by atoms with van der Waals surface area (Å²) in [5.41, 5.74) is 4.52. The van der Waals surface area contributed by atoms with Crippen molar-refractivity contribution >= 4 is 39.3 Å². The third kappa shape index (κ3) is 3.72. The van der Waals surface area contributed by atoms with Gasteiger partial charge in [0.25, 0.3) is 0 Å². The number of halogens is 2. The summed E-state index contributed by atoms with van der Waals surface area (Å²) >= 11 is 9.92. The van der Waals surface area contributed by atoms with Crippen molar-refractivity contribution in [3.63, 3.8) is 0 Å². The van der Waals surface area contributed by atoms with E-state index >= 15 is 0 Å². The first kappa shape index (κ1) is 20.9. The standard InChI is InChI=1S/C24H21BrClNO3/c1-13-21(24(29)30-2)22(14-6-5-7-16(25)10-14)23-19(27-13)11-15(12-20(23)28)17-8-3-4-9-18(17)26/h3-10,15,22,27H,11-12H2,1-2H3/t15-,22-/m1/s1. The van der Waals surface area contributed by atoms with Crippen LogP contribution in [0.4, 0.5) is 0 Å². The number of hydrogen-bond acceptors (Lipinski definition) is 4. The van der Waals surface area contributed by atoms with Crippen LogP contribution in [0, 0.1) is 0 Å². The molecule has 2 aromatic carbocycles. The van der Waals surface area contributed by atoms with Gasteiger partial charge in [0, 0.05) is 38.8 Å². The van der Waals surface area contributed by atoms with E-state index in [-0.39, 0.29) is 11.7 Å². The van der Waals surface area contributed by atoms with Crippen molar-refractivity contribution in [2.24, 2.45) is 0 Å². The number of esters is 1. The minimum absolute atomic E-state index is 0.00640. The molecule has 1 aliphatic carbocycles. The van der Waals surface area contributed by atoms with Crippen molar-refractivity contribution in [3.05, 3.63) is 91.7 Å². The Labute approximate surface area is 189 Å². The molecule has 6 heteroatoms. The van der Waals surface area contributed by atoms with E-state index in [9.17, 15) is 9.59 Å². The molecule has 1 N–H and O–H groups in total. The molecule has 2 atom stereocenters. The lowest BCUT2D eigenvalue weighted by Gasteiger charge is -2.36. The van der Waals surface area contributed by atoms with Crippen molar-refractivity contribution in [2.75, 3.05) is 7.11 Å². The number of Topliss-reactive ketones (excluding diaryl/α,β-unsaturated/α-hetero) is 1. The van der Waals surface area contributed by atoms with Crippen molar-refractivity contribution in [1.82, 2.24) is 5.32 Å². The predicted molar refractivity (Wildman–Crippen MR) is 120 cm³/mol. The maximum Gasteiger partial charge on any atom is 0.336 e. The molecule has 0 fully saturated rings. The molecule has 30 heavy (non-hydrogen) atoms. The fraction of sp³-hybridized carbons (Fsp3) is 0.250. The summed E-state index contributed by atoms with van der Waals surface area (Å²) in [6, 6.07) is 15.4. The van der Waals surface area contributed by atoms with E-state index in [1.807, 2.05) is 55.5 Å². The molecule has 154 valence electrons. The zero-order valence-electron chi connectivity index (χ0n) is 16.7. The lowest BCUT2D eigenvalue weighted by molar-refractivity contribution is -0.136. The summed E-state index contributed by atoms with van der Waals surface area (Å²) in [6.07, 6.45) is 1.00. The molecule has 2 aliphatic rings. The van der Waals surface area contributed by atoms with E-state index in [0.29, 0.717) is 34.7 Å². The van der Waals surface area contributed by atoms with Gasteiger partial charge in [0.2, 0.25) is 0 Å². The average molecular weight is 487 g/mol. The number of hydrogen-bond donors (Lipinski definition) is 1. The molecule has 0 bridgehead atoms. The van der Waals surface area contributed by atoms with Crippen LogP contribution < -0.4 is 5.32 Å². The quantitative estimate of drug-likeness (QED) is 0.571. The van der Waals surface area contributed by atoms with E-state index in [0.717, 1.165) is 21.3 Å². The van der Waals surface area contributed by atoms with Crippen molar-refractivity contribution < 1.29 is 14.3 Å². The van der Waals surface area contributed by atoms with Gasteiger partial charge in [0.15, 0.2) is 5.78 Å². The zero-order chi connectivity index (χ0) is 21.4. The number of nitrogens with one attached hydrogen (secondary N) is 1. The van der Waals surface area contributed by atoms with E-state index < -0.39 is 11.9 Å². The first-order valence-electron chi connectivity index (χ1n) is 9.73. The molecule has 1 heterocycles. The Kier molecular flexibility index (Phi) is 5.85. The first-order chi connectivity index (χ1) is 14.4. The second-order valence-corrected chi connectivity index (χ2v) is 8.91. The van der Waals surface area contributed by atoms with Crippen LogP contribution in [0.2, 0.25) is 5.02 Å². The molecule has 2 aromatic rings. The fourth-order valence-electron chi connectivity index (χ4n) is 4.47. The molecule has 0 spiro atoms. The van der Waals surface area contributed by atoms with E-state index in [1.54, 1.807) is 0 Å². The number of ether oxygens (including phenoxy) is 1. The minimum Gasteiger partial charge on any atom is -0.466 e. The average Bonchev–Trinajstić information content (AvgIpc) is 2.72. The van der Waals surface area contributed by atoms with Crippen LogP contribution >= 0.6 is 27.5 Å². The number of rotatable bonds is 3. The highest BCUT2D eigenvalue weighted by atomic mass is 79.9. The summed E-state index contributed by atoms with van der Waals surface area (Å²) in [5.74, 6) is -0.885. The molecule has 4 rings (SSSR count). The van der Waals surface area contributed by atoms with Crippen LogP contribution in [-0.4, -0.2) is 18.9 Å². The van der Waals surface area contributed by atoms with Gasteiger partial charge in [-0.1, -0.05) is 57.9 Å². The Hall–Kier alpha value is -2.37. The molecule has 0 saturated carbocycles. The topological polar surface area (TPSA) is 55.4 Å². The third-order valence-corrected chi connectivity index (χ3v) is 6.60. The van der Waals surface area contributed by atoms with Gasteiger partial charge in [0.05, 0.1) is 12.7 Å². The third-order valence-electron chi connectivity index (χ3n) is 5.76. The molecule has 4 nitrogen and oxygen atoms in total. The Balaban J connectivity index is 1.83. The fourth-order valence-corrected chi connectivity index (χ4v) is 5.17. The van der Waals surface area contributed by atoms with Crippen molar-refractivity contribution in [3.8, 4) is 0 Å². The van der Waals surface area contributed by atoms with Crippen LogP contribution in [0.3, 0.4) is 0 Å². The van der Waals surface area contributed by atoms with Gasteiger partial charge in [-0.15, -0.1) is 0 Å². The van der Waals surface area contributed by atoms with Crippen LogP contribution in [0.15, 0.2) is 75.5 Å². The molecule has 0 saturated heterocycles. The number of carbonyl (C=O) groups excluding carboxylic acids is 2. The highest BCUT2D eigenvalue weighted by molar-refractivity contribution is 9.10. The first-order valence-corrected chi connectivity index (χ1v) is 10.9. The zero-order valence-corrected chi connectivity index (χ0v) is 19.0. The molecule has 0 aromatic heterocycles. The highest BCUT2D eigenvalue weighted by Crippen LogP contribution is 2.46. The summed E-state index contributed by atoms with van der Waals surface area (Å²) in [6.45, 7) is 1.85. The van der Waals surface area contributed by atoms with Crippen molar-refractivity contribution in [2.45, 2.75) is 31.6 Å². The monoisotopic (exact) mass is 485 g/mol. The van der Waals surface area contributed by atoms with Gasteiger partial charge in [-0.2, -0.15) is 0 Å². The number of methoxy groups -OCH3 is 1. The van der Waals surface area contributed by atoms with Crippen LogP contribution in [0.5, 0.6) is 0 Å². The smallest absolute Gasteiger partial charge is 0.336 e. The number of carbonyl (C=O) groups is 2. The van der Waals surface area contributed by atoms with Gasteiger partial charge in [-0.25, -0.2) is 4.79 Å². The summed E-state index contributed by atoms with van der Waals surface area (Å²) in [4.78, 5) is 26.1. The Morgan fingerprint density at radius 1 is 1.17 bits per heavy atom. The summed E-state index contributed by atoms with van der Waals surface area (Å²) in [7, 11) is 1.36. The largest absolute Gasteiger partial charge is 0.466 e. The van der Waals surface area contributed by atoms with Crippen LogP contribution in [0.1, 0.15) is 42.7 Å².